The SMILES string of the molecule is NC(C(=O)NC1C(=O)N2C(C(=O)O)=C(CSc3nncs3)CSC12)c1ccc2c(c1)CSC2. The molecule has 3 aliphatic rings. The maximum Gasteiger partial charge on any atom is 0.352 e. The Labute approximate surface area is 206 Å². The molecule has 1 aromatic carbocycles. The number of rotatable bonds is 7. The van der Waals surface area contributed by atoms with Gasteiger partial charge in [-0.05, 0) is 22.3 Å². The number of aliphatic carboxylic acids is 1. The van der Waals surface area contributed by atoms with Crippen molar-refractivity contribution in [3.8, 4) is 0 Å². The van der Waals surface area contributed by atoms with E-state index >= 15 is 0 Å². The van der Waals surface area contributed by atoms with E-state index in [-0.39, 0.29) is 5.70 Å². The maximum absolute atomic E-state index is 12.9. The molecule has 1 fully saturated rings. The summed E-state index contributed by atoms with van der Waals surface area (Å²) in [6.45, 7) is 0. The van der Waals surface area contributed by atoms with Gasteiger partial charge in [0, 0.05) is 23.0 Å². The van der Waals surface area contributed by atoms with E-state index < -0.39 is 35.2 Å². The lowest BCUT2D eigenvalue weighted by molar-refractivity contribution is -0.150. The minimum Gasteiger partial charge on any atom is -0.477 e. The third-order valence-corrected chi connectivity index (χ3v) is 9.96. The number of β-lactam (4-membered cyclic amide) rings is 1. The van der Waals surface area contributed by atoms with Crippen molar-refractivity contribution in [3.05, 3.63) is 51.7 Å². The van der Waals surface area contributed by atoms with Crippen LogP contribution in [0.5, 0.6) is 0 Å². The van der Waals surface area contributed by atoms with Crippen molar-refractivity contribution in [1.82, 2.24) is 20.4 Å². The van der Waals surface area contributed by atoms with Crippen LogP contribution < -0.4 is 11.1 Å². The van der Waals surface area contributed by atoms with Crippen LogP contribution in [-0.4, -0.2) is 60.9 Å². The van der Waals surface area contributed by atoms with Crippen LogP contribution in [0.25, 0.3) is 0 Å². The summed E-state index contributed by atoms with van der Waals surface area (Å²) in [5, 5.41) is 19.8. The molecule has 3 unspecified atom stereocenters. The minimum absolute atomic E-state index is 0.00770. The molecule has 9 nitrogen and oxygen atoms in total. The lowest BCUT2D eigenvalue weighted by Gasteiger charge is -2.49. The normalized spacial score (nSPS) is 22.5. The number of amides is 2. The van der Waals surface area contributed by atoms with E-state index in [1.54, 1.807) is 5.51 Å². The summed E-state index contributed by atoms with van der Waals surface area (Å²) in [5.41, 5.74) is 11.6. The molecule has 0 spiro atoms. The van der Waals surface area contributed by atoms with E-state index in [1.165, 1.54) is 50.9 Å². The Morgan fingerprint density at radius 3 is 2.88 bits per heavy atom. The molecule has 1 aromatic heterocycles. The average Bonchev–Trinajstić information content (AvgIpc) is 3.51. The van der Waals surface area contributed by atoms with Crippen molar-refractivity contribution in [3.63, 3.8) is 0 Å². The fourth-order valence-corrected chi connectivity index (χ4v) is 8.01. The van der Waals surface area contributed by atoms with E-state index in [2.05, 4.69) is 15.5 Å². The fourth-order valence-electron chi connectivity index (χ4n) is 3.95. The van der Waals surface area contributed by atoms with Crippen LogP contribution in [0, 0.1) is 0 Å². The Balaban J connectivity index is 1.27. The number of aromatic nitrogens is 2. The van der Waals surface area contributed by atoms with Gasteiger partial charge in [-0.25, -0.2) is 4.79 Å². The van der Waals surface area contributed by atoms with Crippen molar-refractivity contribution in [2.24, 2.45) is 5.73 Å². The van der Waals surface area contributed by atoms with Gasteiger partial charge in [-0.3, -0.25) is 14.5 Å². The first kappa shape index (κ1) is 22.7. The Morgan fingerprint density at radius 2 is 2.12 bits per heavy atom. The third-order valence-electron chi connectivity index (χ3n) is 5.64. The van der Waals surface area contributed by atoms with Gasteiger partial charge in [-0.1, -0.05) is 41.3 Å². The highest BCUT2D eigenvalue weighted by atomic mass is 32.2. The molecule has 5 rings (SSSR count). The number of thioether (sulfide) groups is 3. The lowest BCUT2D eigenvalue weighted by Crippen LogP contribution is -2.71. The summed E-state index contributed by atoms with van der Waals surface area (Å²) in [4.78, 5) is 38.9. The van der Waals surface area contributed by atoms with Gasteiger partial charge in [-0.15, -0.1) is 22.0 Å². The predicted octanol–water partition coefficient (Wildman–Crippen LogP) is 1.82. The molecule has 172 valence electrons. The highest BCUT2D eigenvalue weighted by Gasteiger charge is 2.54. The van der Waals surface area contributed by atoms with Crippen molar-refractivity contribution < 1.29 is 19.5 Å². The number of hydrogen-bond donors (Lipinski definition) is 3. The maximum atomic E-state index is 12.9. The standard InChI is InChI=1S/C20H19N5O4S4/c21-13(9-1-2-10-4-30-5-11(10)3-9)16(26)23-14-17(27)25-15(19(28)29)12(6-31-18(14)25)7-32-20-24-22-8-33-20/h1-3,8,13-14,18H,4-7,21H2,(H,23,26)(H,28,29). The molecule has 0 radical (unpaired) electrons. The van der Waals surface area contributed by atoms with Crippen LogP contribution in [0.4, 0.5) is 0 Å². The number of carboxylic acids is 1. The van der Waals surface area contributed by atoms with Gasteiger partial charge >= 0.3 is 5.97 Å². The largest absolute Gasteiger partial charge is 0.477 e. The quantitative estimate of drug-likeness (QED) is 0.365. The fraction of sp³-hybridized carbons (Fsp3) is 0.350. The summed E-state index contributed by atoms with van der Waals surface area (Å²) in [6, 6.07) is 4.11. The molecule has 4 heterocycles. The highest BCUT2D eigenvalue weighted by molar-refractivity contribution is 8.01. The zero-order chi connectivity index (χ0) is 23.1. The number of carbonyl (C=O) groups is 3. The molecule has 4 N–H and O–H groups in total. The Kier molecular flexibility index (Phi) is 6.40. The molecular weight excluding hydrogens is 503 g/mol. The summed E-state index contributed by atoms with van der Waals surface area (Å²) in [5.74, 6) is 0.673. The smallest absolute Gasteiger partial charge is 0.352 e. The van der Waals surface area contributed by atoms with Crippen molar-refractivity contribution >= 4 is 64.4 Å². The van der Waals surface area contributed by atoms with E-state index in [1.807, 2.05) is 30.0 Å². The van der Waals surface area contributed by atoms with Crippen LogP contribution in [0.15, 0.2) is 39.3 Å². The predicted molar refractivity (Wildman–Crippen MR) is 129 cm³/mol. The monoisotopic (exact) mass is 521 g/mol. The summed E-state index contributed by atoms with van der Waals surface area (Å²) in [7, 11) is 0. The van der Waals surface area contributed by atoms with Crippen LogP contribution in [0.2, 0.25) is 0 Å². The first-order valence-corrected chi connectivity index (χ1v) is 14.0. The van der Waals surface area contributed by atoms with Crippen molar-refractivity contribution in [2.45, 2.75) is 33.3 Å². The number of carboxylic acid groups (broad SMARTS) is 1. The second-order valence-electron chi connectivity index (χ2n) is 7.65. The summed E-state index contributed by atoms with van der Waals surface area (Å²) >= 11 is 6.02. The minimum atomic E-state index is -1.15. The van der Waals surface area contributed by atoms with Crippen LogP contribution in [0.3, 0.4) is 0 Å². The van der Waals surface area contributed by atoms with Crippen LogP contribution in [-0.2, 0) is 25.9 Å². The molecular formula is C20H19N5O4S4. The van der Waals surface area contributed by atoms with Gasteiger partial charge in [0.25, 0.3) is 5.91 Å². The third kappa shape index (κ3) is 4.28. The van der Waals surface area contributed by atoms with Crippen LogP contribution in [0.1, 0.15) is 22.7 Å². The molecule has 2 amide bonds. The number of nitrogens with one attached hydrogen (secondary N) is 1. The van der Waals surface area contributed by atoms with Gasteiger partial charge < -0.3 is 16.2 Å². The zero-order valence-corrected chi connectivity index (χ0v) is 20.4. The van der Waals surface area contributed by atoms with Crippen LogP contribution >= 0.6 is 46.6 Å². The van der Waals surface area contributed by atoms with Crippen molar-refractivity contribution in [1.29, 1.82) is 0 Å². The number of carbonyl (C=O) groups excluding carboxylic acids is 2. The first-order valence-electron chi connectivity index (χ1n) is 9.98. The number of fused-ring (bicyclic) bond motifs is 2. The Hall–Kier alpha value is -2.06. The number of hydrogen-bond acceptors (Lipinski definition) is 10. The Morgan fingerprint density at radius 1 is 1.30 bits per heavy atom. The molecule has 0 saturated carbocycles. The van der Waals surface area contributed by atoms with Crippen molar-refractivity contribution in [2.75, 3.05) is 11.5 Å². The zero-order valence-electron chi connectivity index (χ0n) is 17.1. The summed E-state index contributed by atoms with van der Waals surface area (Å²) < 4.78 is 0.735. The first-order chi connectivity index (χ1) is 15.9. The van der Waals surface area contributed by atoms with Gasteiger partial charge in [0.2, 0.25) is 5.91 Å². The second-order valence-corrected chi connectivity index (χ2v) is 11.8. The molecule has 2 aromatic rings. The lowest BCUT2D eigenvalue weighted by atomic mass is 9.99. The van der Waals surface area contributed by atoms with E-state index in [9.17, 15) is 19.5 Å². The molecule has 0 bridgehead atoms. The van der Waals surface area contributed by atoms with E-state index in [4.69, 9.17) is 5.73 Å². The molecule has 3 atom stereocenters. The van der Waals surface area contributed by atoms with Gasteiger partial charge in [0.05, 0.1) is 0 Å². The molecule has 13 heteroatoms. The van der Waals surface area contributed by atoms with Gasteiger partial charge in [0.1, 0.15) is 28.7 Å². The van der Waals surface area contributed by atoms with Gasteiger partial charge in [0.15, 0.2) is 4.34 Å². The number of benzene rings is 1. The molecule has 3 aliphatic heterocycles. The molecule has 33 heavy (non-hydrogen) atoms. The average molecular weight is 522 g/mol. The highest BCUT2D eigenvalue weighted by Crippen LogP contribution is 2.42. The second kappa shape index (κ2) is 9.29. The number of nitrogens with two attached hydrogens (primary N) is 1. The summed E-state index contributed by atoms with van der Waals surface area (Å²) in [6.07, 6.45) is 0. The number of nitrogens with zero attached hydrogens (tertiary/aromatic N) is 3. The molecule has 1 saturated heterocycles. The van der Waals surface area contributed by atoms with E-state index in [0.717, 1.165) is 15.8 Å². The topological polar surface area (TPSA) is 139 Å². The van der Waals surface area contributed by atoms with Gasteiger partial charge in [-0.2, -0.15) is 11.8 Å². The molecule has 0 aliphatic carbocycles. The Bertz CT molecular complexity index is 1160. The van der Waals surface area contributed by atoms with E-state index in [0.29, 0.717) is 22.6 Å².